The minimum atomic E-state index is -0.400. The van der Waals surface area contributed by atoms with Gasteiger partial charge in [0.25, 0.3) is 11.6 Å². The maximum atomic E-state index is 11.7. The van der Waals surface area contributed by atoms with Crippen LogP contribution in [0.2, 0.25) is 0 Å². The van der Waals surface area contributed by atoms with Crippen LogP contribution < -0.4 is 10.6 Å². The molecule has 0 aromatic heterocycles. The van der Waals surface area contributed by atoms with Crippen molar-refractivity contribution in [1.29, 1.82) is 0 Å². The van der Waals surface area contributed by atoms with Gasteiger partial charge in [-0.15, -0.1) is 0 Å². The topological polar surface area (TPSA) is 84.3 Å². The van der Waals surface area contributed by atoms with Crippen LogP contribution in [0, 0.1) is 22.0 Å². The number of fused-ring (bicyclic) bond motifs is 2. The van der Waals surface area contributed by atoms with E-state index in [1.165, 1.54) is 31.4 Å². The number of nitrogens with zero attached hydrogens (tertiary/aromatic N) is 1. The summed E-state index contributed by atoms with van der Waals surface area (Å²) < 4.78 is 0. The molecule has 21 heavy (non-hydrogen) atoms. The fourth-order valence-electron chi connectivity index (χ4n) is 3.72. The van der Waals surface area contributed by atoms with Gasteiger partial charge in [0.15, 0.2) is 0 Å². The lowest BCUT2D eigenvalue weighted by molar-refractivity contribution is -0.384. The van der Waals surface area contributed by atoms with Gasteiger partial charge in [-0.25, -0.2) is 0 Å². The summed E-state index contributed by atoms with van der Waals surface area (Å²) in [5, 5.41) is 17.0. The Kier molecular flexibility index (Phi) is 3.53. The van der Waals surface area contributed by atoms with Crippen molar-refractivity contribution in [2.24, 2.45) is 11.8 Å². The molecule has 3 unspecified atom stereocenters. The molecule has 2 fully saturated rings. The number of amides is 1. The number of nitro groups is 1. The van der Waals surface area contributed by atoms with Crippen LogP contribution in [0.4, 0.5) is 11.4 Å². The van der Waals surface area contributed by atoms with Crippen molar-refractivity contribution in [2.75, 3.05) is 12.4 Å². The monoisotopic (exact) mass is 289 g/mol. The summed E-state index contributed by atoms with van der Waals surface area (Å²) in [6.45, 7) is 0. The molecule has 6 heteroatoms. The minimum absolute atomic E-state index is 0.0328. The number of hydrogen-bond acceptors (Lipinski definition) is 4. The van der Waals surface area contributed by atoms with E-state index in [0.717, 1.165) is 12.3 Å². The van der Waals surface area contributed by atoms with Gasteiger partial charge in [-0.05, 0) is 43.2 Å². The molecule has 0 heterocycles. The lowest BCUT2D eigenvalue weighted by Crippen LogP contribution is -2.26. The smallest absolute Gasteiger partial charge is 0.292 e. The van der Waals surface area contributed by atoms with Crippen LogP contribution in [0.25, 0.3) is 0 Å². The number of benzene rings is 1. The minimum Gasteiger partial charge on any atom is -0.376 e. The van der Waals surface area contributed by atoms with Crippen LogP contribution >= 0.6 is 0 Å². The Morgan fingerprint density at radius 1 is 1.33 bits per heavy atom. The summed E-state index contributed by atoms with van der Waals surface area (Å²) in [6, 6.07) is 4.77. The van der Waals surface area contributed by atoms with Crippen molar-refractivity contribution in [3.8, 4) is 0 Å². The highest BCUT2D eigenvalue weighted by atomic mass is 16.6. The Balaban J connectivity index is 1.87. The Morgan fingerprint density at radius 3 is 2.71 bits per heavy atom. The van der Waals surface area contributed by atoms with Crippen molar-refractivity contribution in [2.45, 2.75) is 31.7 Å². The summed E-state index contributed by atoms with van der Waals surface area (Å²) in [7, 11) is 1.55. The van der Waals surface area contributed by atoms with Gasteiger partial charge >= 0.3 is 0 Å². The third kappa shape index (κ3) is 2.57. The third-order valence-corrected chi connectivity index (χ3v) is 4.76. The zero-order valence-corrected chi connectivity index (χ0v) is 12.0. The summed E-state index contributed by atoms with van der Waals surface area (Å²) in [5.41, 5.74) is 0.929. The van der Waals surface area contributed by atoms with Crippen LogP contribution in [0.15, 0.2) is 18.2 Å². The van der Waals surface area contributed by atoms with Crippen LogP contribution in [0.5, 0.6) is 0 Å². The molecule has 0 aliphatic heterocycles. The highest BCUT2D eigenvalue weighted by molar-refractivity contribution is 5.95. The zero-order chi connectivity index (χ0) is 15.0. The van der Waals surface area contributed by atoms with Crippen molar-refractivity contribution in [3.05, 3.63) is 33.9 Å². The van der Waals surface area contributed by atoms with Gasteiger partial charge < -0.3 is 10.6 Å². The lowest BCUT2D eigenvalue weighted by atomic mass is 9.95. The molecule has 6 nitrogen and oxygen atoms in total. The highest BCUT2D eigenvalue weighted by Crippen LogP contribution is 2.46. The first kappa shape index (κ1) is 13.9. The fourth-order valence-corrected chi connectivity index (χ4v) is 3.72. The number of nitro benzene ring substituents is 1. The van der Waals surface area contributed by atoms with E-state index in [-0.39, 0.29) is 11.6 Å². The average molecular weight is 289 g/mol. The standard InChI is InChI=1S/C15H19N3O3/c1-16-15(19)11-4-5-14(18(20)21)13(8-11)17-12-7-9-2-3-10(12)6-9/h4-5,8-10,12,17H,2-3,6-7H2,1H3,(H,16,19). The van der Waals surface area contributed by atoms with Crippen molar-refractivity contribution >= 4 is 17.3 Å². The molecule has 2 saturated carbocycles. The molecular formula is C15H19N3O3. The summed E-state index contributed by atoms with van der Waals surface area (Å²) in [5.74, 6) is 1.13. The average Bonchev–Trinajstić information content (AvgIpc) is 3.08. The quantitative estimate of drug-likeness (QED) is 0.659. The first-order chi connectivity index (χ1) is 10.1. The van der Waals surface area contributed by atoms with Crippen molar-refractivity contribution < 1.29 is 9.72 Å². The predicted molar refractivity (Wildman–Crippen MR) is 79.3 cm³/mol. The van der Waals surface area contributed by atoms with Crippen LogP contribution in [0.3, 0.4) is 0 Å². The molecule has 0 spiro atoms. The summed E-state index contributed by atoms with van der Waals surface area (Å²) in [4.78, 5) is 22.5. The van der Waals surface area contributed by atoms with Gasteiger partial charge in [0.2, 0.25) is 0 Å². The molecule has 1 aromatic carbocycles. The summed E-state index contributed by atoms with van der Waals surface area (Å²) >= 11 is 0. The van der Waals surface area contributed by atoms with Gasteiger partial charge in [0.1, 0.15) is 5.69 Å². The SMILES string of the molecule is CNC(=O)c1ccc([N+](=O)[O-])c(NC2CC3CCC2C3)c1. The van der Waals surface area contributed by atoms with Crippen LogP contribution in [-0.4, -0.2) is 23.9 Å². The number of nitrogens with one attached hydrogen (secondary N) is 2. The molecule has 2 aliphatic carbocycles. The second kappa shape index (κ2) is 5.35. The van der Waals surface area contributed by atoms with Gasteiger partial charge in [0, 0.05) is 24.7 Å². The number of carbonyl (C=O) groups excluding carboxylic acids is 1. The van der Waals surface area contributed by atoms with Gasteiger partial charge in [-0.1, -0.05) is 6.42 Å². The van der Waals surface area contributed by atoms with E-state index in [1.54, 1.807) is 13.1 Å². The molecule has 1 aromatic rings. The Labute approximate surface area is 123 Å². The molecule has 2 aliphatic rings. The molecule has 2 N–H and O–H groups in total. The van der Waals surface area contributed by atoms with E-state index in [9.17, 15) is 14.9 Å². The van der Waals surface area contributed by atoms with E-state index in [4.69, 9.17) is 0 Å². The molecular weight excluding hydrogens is 270 g/mol. The van der Waals surface area contributed by atoms with Crippen molar-refractivity contribution in [3.63, 3.8) is 0 Å². The van der Waals surface area contributed by atoms with E-state index in [2.05, 4.69) is 10.6 Å². The van der Waals surface area contributed by atoms with E-state index < -0.39 is 4.92 Å². The maximum absolute atomic E-state index is 11.7. The molecule has 0 radical (unpaired) electrons. The Bertz CT molecular complexity index is 588. The second-order valence-electron chi connectivity index (χ2n) is 5.99. The number of rotatable bonds is 4. The fraction of sp³-hybridized carbons (Fsp3) is 0.533. The predicted octanol–water partition coefficient (Wildman–Crippen LogP) is 2.55. The number of hydrogen-bond donors (Lipinski definition) is 2. The maximum Gasteiger partial charge on any atom is 0.292 e. The van der Waals surface area contributed by atoms with E-state index in [1.807, 2.05) is 0 Å². The molecule has 2 bridgehead atoms. The van der Waals surface area contributed by atoms with Crippen LogP contribution in [-0.2, 0) is 0 Å². The van der Waals surface area contributed by atoms with Gasteiger partial charge in [0.05, 0.1) is 4.92 Å². The molecule has 3 atom stereocenters. The normalized spacial score (nSPS) is 26.6. The van der Waals surface area contributed by atoms with Gasteiger partial charge in [-0.3, -0.25) is 14.9 Å². The molecule has 1 amide bonds. The summed E-state index contributed by atoms with van der Waals surface area (Å²) in [6.07, 6.45) is 4.78. The Morgan fingerprint density at radius 2 is 2.14 bits per heavy atom. The largest absolute Gasteiger partial charge is 0.376 e. The van der Waals surface area contributed by atoms with E-state index in [0.29, 0.717) is 23.2 Å². The first-order valence-corrected chi connectivity index (χ1v) is 7.35. The number of anilines is 1. The number of carbonyl (C=O) groups is 1. The van der Waals surface area contributed by atoms with Crippen molar-refractivity contribution in [1.82, 2.24) is 5.32 Å². The highest BCUT2D eigenvalue weighted by Gasteiger charge is 2.40. The van der Waals surface area contributed by atoms with E-state index >= 15 is 0 Å². The Hall–Kier alpha value is -2.11. The third-order valence-electron chi connectivity index (χ3n) is 4.76. The van der Waals surface area contributed by atoms with Crippen LogP contribution in [0.1, 0.15) is 36.0 Å². The lowest BCUT2D eigenvalue weighted by Gasteiger charge is -2.24. The van der Waals surface area contributed by atoms with Gasteiger partial charge in [-0.2, -0.15) is 0 Å². The zero-order valence-electron chi connectivity index (χ0n) is 12.0. The molecule has 112 valence electrons. The first-order valence-electron chi connectivity index (χ1n) is 7.35. The molecule has 0 saturated heterocycles. The molecule has 3 rings (SSSR count). The second-order valence-corrected chi connectivity index (χ2v) is 5.99.